The summed E-state index contributed by atoms with van der Waals surface area (Å²) in [6, 6.07) is 68.2. The van der Waals surface area contributed by atoms with Crippen LogP contribution in [0.15, 0.2) is 228 Å². The minimum absolute atomic E-state index is 0. The minimum atomic E-state index is -3.40. The number of aromatic hydroxyl groups is 1. The molecule has 309 valence electrons. The first-order valence-corrected chi connectivity index (χ1v) is 22.6. The molecular formula is C51H38EuF2O6P2. The van der Waals surface area contributed by atoms with Crippen LogP contribution in [0.1, 0.15) is 10.4 Å². The third-order valence-corrected chi connectivity index (χ3v) is 16.1. The molecule has 9 aromatic rings. The summed E-state index contributed by atoms with van der Waals surface area (Å²) in [6.07, 6.45) is -3.40. The quantitative estimate of drug-likeness (QED) is 0.0705. The normalized spacial score (nSPS) is 11.1. The molecular weight excluding hydrogens is 960 g/mol. The van der Waals surface area contributed by atoms with E-state index in [2.05, 4.69) is 0 Å². The average molecular weight is 999 g/mol. The van der Waals surface area contributed by atoms with Crippen LogP contribution < -0.4 is 37.5 Å². The van der Waals surface area contributed by atoms with Crippen LogP contribution in [0.4, 0.5) is 8.78 Å². The molecule has 0 amide bonds. The number of Topliss-reactive ketones (excluding diaryl/α,β-unsaturated/α-hetero) is 1. The van der Waals surface area contributed by atoms with E-state index in [4.69, 9.17) is 4.42 Å². The molecule has 62 heavy (non-hydrogen) atoms. The van der Waals surface area contributed by atoms with Gasteiger partial charge in [0.15, 0.2) is 19.8 Å². The van der Waals surface area contributed by atoms with Gasteiger partial charge in [0.25, 0.3) is 0 Å². The molecule has 1 radical (unpaired) electrons. The van der Waals surface area contributed by atoms with Crippen molar-refractivity contribution < 1.29 is 81.6 Å². The number of hydrogen-bond donors (Lipinski definition) is 1. The molecule has 0 saturated heterocycles. The van der Waals surface area contributed by atoms with E-state index in [0.29, 0.717) is 10.8 Å². The molecule has 0 atom stereocenters. The molecule has 0 bridgehead atoms. The summed E-state index contributed by atoms with van der Waals surface area (Å²) >= 11 is 0. The number of alkyl halides is 2. The molecule has 0 aliphatic carbocycles. The van der Waals surface area contributed by atoms with Crippen molar-refractivity contribution in [2.45, 2.75) is 6.43 Å². The standard InChI is InChI=1S/2C18H15OP.C15H8F2O4.Eu/c2*19-20(16-10-4-1-5-11-16,17-12-6-2-7-13-17)18-14-8-3-9-15-18;16-14(17)13(19)11-12(18)10-8-4-2-1-3-7(8)5-6-9(10)21-15(11)20;/h2*1-15H;1-6,14,18H;. The molecule has 0 aliphatic heterocycles. The third-order valence-electron chi connectivity index (χ3n) is 9.93. The van der Waals surface area contributed by atoms with Crippen LogP contribution in [-0.4, -0.2) is 17.3 Å². The number of rotatable bonds is 8. The molecule has 1 heterocycles. The molecule has 0 aliphatic rings. The van der Waals surface area contributed by atoms with E-state index in [9.17, 15) is 32.6 Å². The molecule has 1 N–H and O–H groups in total. The molecule has 0 unspecified atom stereocenters. The van der Waals surface area contributed by atoms with Crippen molar-refractivity contribution in [3.05, 3.63) is 234 Å². The van der Waals surface area contributed by atoms with Crippen LogP contribution in [0.3, 0.4) is 0 Å². The monoisotopic (exact) mass is 999 g/mol. The van der Waals surface area contributed by atoms with Crippen molar-refractivity contribution in [2.24, 2.45) is 0 Å². The zero-order valence-corrected chi connectivity index (χ0v) is 37.1. The van der Waals surface area contributed by atoms with Crippen molar-refractivity contribution in [1.82, 2.24) is 0 Å². The zero-order valence-electron chi connectivity index (χ0n) is 32.9. The summed E-state index contributed by atoms with van der Waals surface area (Å²) in [7, 11) is -5.55. The number of carbonyl (C=O) groups excluding carboxylic acids is 1. The minimum Gasteiger partial charge on any atom is -0.506 e. The Balaban J connectivity index is 0.000000154. The smallest absolute Gasteiger partial charge is 0.351 e. The van der Waals surface area contributed by atoms with E-state index in [-0.39, 0.29) is 60.3 Å². The second-order valence-electron chi connectivity index (χ2n) is 13.7. The van der Waals surface area contributed by atoms with Crippen LogP contribution in [0.2, 0.25) is 0 Å². The second-order valence-corrected chi connectivity index (χ2v) is 19.2. The molecule has 11 heteroatoms. The summed E-state index contributed by atoms with van der Waals surface area (Å²) in [5, 5.41) is 16.6. The Morgan fingerprint density at radius 2 is 0.774 bits per heavy atom. The summed E-state index contributed by atoms with van der Waals surface area (Å²) < 4.78 is 57.6. The first kappa shape index (κ1) is 46.1. The average Bonchev–Trinajstić information content (AvgIpc) is 3.33. The van der Waals surface area contributed by atoms with Crippen LogP contribution in [0, 0.1) is 49.4 Å². The number of carbonyl (C=O) groups is 1. The molecule has 0 saturated carbocycles. The SMILES string of the molecule is O=C(c1c(O)c2c(ccc3ccccc32)oc1=O)C(F)F.O=P(c1ccccc1)(c1ccccc1)c1ccccc1.O=P(c1ccccc1)(c1ccccc1)c1ccccc1.[Eu]. The summed E-state index contributed by atoms with van der Waals surface area (Å²) in [5.41, 5.74) is -2.27. The maximum absolute atomic E-state index is 13.8. The topological polar surface area (TPSA) is 102 Å². The Bertz CT molecular complexity index is 2710. The van der Waals surface area contributed by atoms with Gasteiger partial charge in [-0.1, -0.05) is 212 Å². The van der Waals surface area contributed by atoms with Gasteiger partial charge in [-0.2, -0.15) is 0 Å². The number of halogens is 2. The van der Waals surface area contributed by atoms with Gasteiger partial charge in [0.1, 0.15) is 11.3 Å². The number of fused-ring (bicyclic) bond motifs is 3. The fourth-order valence-electron chi connectivity index (χ4n) is 7.00. The van der Waals surface area contributed by atoms with Crippen LogP contribution in [-0.2, 0) is 9.13 Å². The molecule has 6 nitrogen and oxygen atoms in total. The van der Waals surface area contributed by atoms with Gasteiger partial charge in [-0.05, 0) is 16.8 Å². The Labute approximate surface area is 398 Å². The Morgan fingerprint density at radius 1 is 0.468 bits per heavy atom. The third kappa shape index (κ3) is 9.79. The van der Waals surface area contributed by atoms with Crippen molar-refractivity contribution in [1.29, 1.82) is 0 Å². The van der Waals surface area contributed by atoms with E-state index < -0.39 is 43.4 Å². The van der Waals surface area contributed by atoms with E-state index in [0.717, 1.165) is 31.8 Å². The Hall–Kier alpha value is -5.40. The van der Waals surface area contributed by atoms with Gasteiger partial charge in [0.2, 0.25) is 5.78 Å². The van der Waals surface area contributed by atoms with Gasteiger partial charge in [0.05, 0.1) is 5.39 Å². The number of ketones is 1. The van der Waals surface area contributed by atoms with E-state index >= 15 is 0 Å². The van der Waals surface area contributed by atoms with Gasteiger partial charge >= 0.3 is 12.1 Å². The van der Waals surface area contributed by atoms with Crippen LogP contribution in [0.5, 0.6) is 5.75 Å². The Kier molecular flexibility index (Phi) is 15.7. The molecule has 1 aromatic heterocycles. The van der Waals surface area contributed by atoms with Gasteiger partial charge in [-0.3, -0.25) is 4.79 Å². The maximum Gasteiger partial charge on any atom is 0.351 e. The summed E-state index contributed by atoms with van der Waals surface area (Å²) in [4.78, 5) is 23.1. The summed E-state index contributed by atoms with van der Waals surface area (Å²) in [6.45, 7) is 0. The van der Waals surface area contributed by atoms with E-state index in [1.165, 1.54) is 6.07 Å². The van der Waals surface area contributed by atoms with E-state index in [1.807, 2.05) is 182 Å². The molecule has 9 rings (SSSR count). The Morgan fingerprint density at radius 3 is 1.10 bits per heavy atom. The van der Waals surface area contributed by atoms with Gasteiger partial charge < -0.3 is 18.7 Å². The fraction of sp³-hybridized carbons (Fsp3) is 0.0196. The first-order valence-electron chi connectivity index (χ1n) is 19.2. The fourth-order valence-corrected chi connectivity index (χ4v) is 12.3. The second kappa shape index (κ2) is 21.1. The van der Waals surface area contributed by atoms with Crippen molar-refractivity contribution in [3.63, 3.8) is 0 Å². The predicted octanol–water partition coefficient (Wildman–Crippen LogP) is 9.75. The van der Waals surface area contributed by atoms with Gasteiger partial charge in [0, 0.05) is 81.2 Å². The van der Waals surface area contributed by atoms with Crippen molar-refractivity contribution in [3.8, 4) is 5.75 Å². The van der Waals surface area contributed by atoms with Crippen molar-refractivity contribution in [2.75, 3.05) is 0 Å². The largest absolute Gasteiger partial charge is 0.506 e. The van der Waals surface area contributed by atoms with Crippen LogP contribution in [0.25, 0.3) is 21.7 Å². The molecule has 0 spiro atoms. The van der Waals surface area contributed by atoms with Gasteiger partial charge in [-0.25, -0.2) is 13.6 Å². The maximum atomic E-state index is 13.8. The predicted molar refractivity (Wildman–Crippen MR) is 244 cm³/mol. The van der Waals surface area contributed by atoms with Crippen LogP contribution >= 0.6 is 14.3 Å². The van der Waals surface area contributed by atoms with Crippen molar-refractivity contribution >= 4 is 73.6 Å². The molecule has 0 fully saturated rings. The number of benzene rings is 8. The van der Waals surface area contributed by atoms with Gasteiger partial charge in [-0.15, -0.1) is 0 Å². The summed E-state index contributed by atoms with van der Waals surface area (Å²) in [5.74, 6) is -2.53. The number of hydrogen-bond acceptors (Lipinski definition) is 6. The zero-order chi connectivity index (χ0) is 42.8. The first-order chi connectivity index (χ1) is 29.6. The molecule has 8 aromatic carbocycles. The van der Waals surface area contributed by atoms with E-state index in [1.54, 1.807) is 30.3 Å².